The van der Waals surface area contributed by atoms with Gasteiger partial charge in [0.05, 0.1) is 11.7 Å². The molecule has 1 atom stereocenters. The van der Waals surface area contributed by atoms with Gasteiger partial charge >= 0.3 is 11.8 Å². The summed E-state index contributed by atoms with van der Waals surface area (Å²) in [7, 11) is 0. The summed E-state index contributed by atoms with van der Waals surface area (Å²) in [6, 6.07) is 10.8. The predicted molar refractivity (Wildman–Crippen MR) is 102 cm³/mol. The third-order valence-corrected chi connectivity index (χ3v) is 4.32. The first kappa shape index (κ1) is 17.7. The van der Waals surface area contributed by atoms with Gasteiger partial charge < -0.3 is 15.6 Å². The Morgan fingerprint density at radius 1 is 1.12 bits per heavy atom. The molecule has 2 amide bonds. The van der Waals surface area contributed by atoms with Crippen molar-refractivity contribution in [3.63, 3.8) is 0 Å². The number of carbonyl (C=O) groups excluding carboxylic acids is 2. The fraction of sp³-hybridized carbons (Fsp3) is 0.250. The van der Waals surface area contributed by atoms with Gasteiger partial charge in [0.15, 0.2) is 0 Å². The standard InChI is InChI=1S/C20H22N4O2/c1-12(2)17(18-13(3)5-4-9-22-18)24-20(26)19(25)23-15-6-7-16-14(11-15)8-10-21-16/h4-12,17,21H,1-3H3,(H,23,25)(H,24,26). The second kappa shape index (κ2) is 7.39. The molecule has 1 aromatic carbocycles. The molecule has 2 aromatic heterocycles. The molecule has 0 radical (unpaired) electrons. The van der Waals surface area contributed by atoms with Crippen LogP contribution in [0.1, 0.15) is 31.1 Å². The van der Waals surface area contributed by atoms with Gasteiger partial charge in [0.2, 0.25) is 0 Å². The lowest BCUT2D eigenvalue weighted by Gasteiger charge is -2.23. The third-order valence-electron chi connectivity index (χ3n) is 4.32. The van der Waals surface area contributed by atoms with Gasteiger partial charge in [-0.1, -0.05) is 19.9 Å². The number of aryl methyl sites for hydroxylation is 1. The molecule has 0 saturated carbocycles. The van der Waals surface area contributed by atoms with Crippen LogP contribution in [-0.2, 0) is 9.59 Å². The lowest BCUT2D eigenvalue weighted by atomic mass is 9.97. The topological polar surface area (TPSA) is 86.9 Å². The Hall–Kier alpha value is -3.15. The Balaban J connectivity index is 1.72. The van der Waals surface area contributed by atoms with Gasteiger partial charge in [-0.25, -0.2) is 0 Å². The maximum absolute atomic E-state index is 12.4. The predicted octanol–water partition coefficient (Wildman–Crippen LogP) is 3.32. The summed E-state index contributed by atoms with van der Waals surface area (Å²) in [5.41, 5.74) is 3.30. The SMILES string of the molecule is Cc1cccnc1C(NC(=O)C(=O)Nc1ccc2[nH]ccc2c1)C(C)C. The number of aromatic nitrogens is 2. The van der Waals surface area contributed by atoms with Crippen molar-refractivity contribution in [2.45, 2.75) is 26.8 Å². The van der Waals surface area contributed by atoms with Crippen LogP contribution in [0.5, 0.6) is 0 Å². The van der Waals surface area contributed by atoms with Crippen LogP contribution in [0.4, 0.5) is 5.69 Å². The van der Waals surface area contributed by atoms with Crippen molar-refractivity contribution < 1.29 is 9.59 Å². The fourth-order valence-corrected chi connectivity index (χ4v) is 2.90. The molecule has 0 fully saturated rings. The molecule has 0 saturated heterocycles. The highest BCUT2D eigenvalue weighted by Crippen LogP contribution is 2.23. The number of nitrogens with one attached hydrogen (secondary N) is 3. The van der Waals surface area contributed by atoms with Gasteiger partial charge in [-0.15, -0.1) is 0 Å². The molecule has 6 nitrogen and oxygen atoms in total. The molecule has 26 heavy (non-hydrogen) atoms. The van der Waals surface area contributed by atoms with E-state index in [0.29, 0.717) is 5.69 Å². The second-order valence-electron chi connectivity index (χ2n) is 6.63. The number of carbonyl (C=O) groups is 2. The molecule has 1 unspecified atom stereocenters. The number of anilines is 1. The number of fused-ring (bicyclic) bond motifs is 1. The second-order valence-corrected chi connectivity index (χ2v) is 6.63. The highest BCUT2D eigenvalue weighted by atomic mass is 16.2. The molecular formula is C20H22N4O2. The number of amides is 2. The van der Waals surface area contributed by atoms with Gasteiger partial charge in [-0.05, 0) is 48.7 Å². The minimum atomic E-state index is -0.695. The molecular weight excluding hydrogens is 328 g/mol. The molecule has 0 bridgehead atoms. The zero-order chi connectivity index (χ0) is 18.7. The summed E-state index contributed by atoms with van der Waals surface area (Å²) in [6.45, 7) is 5.91. The Bertz CT molecular complexity index is 946. The molecule has 3 rings (SSSR count). The number of hydrogen-bond donors (Lipinski definition) is 3. The number of benzene rings is 1. The van der Waals surface area contributed by atoms with Crippen molar-refractivity contribution >= 4 is 28.4 Å². The Kier molecular flexibility index (Phi) is 5.02. The van der Waals surface area contributed by atoms with E-state index in [9.17, 15) is 9.59 Å². The smallest absolute Gasteiger partial charge is 0.313 e. The van der Waals surface area contributed by atoms with Crippen LogP contribution >= 0.6 is 0 Å². The molecule has 134 valence electrons. The van der Waals surface area contributed by atoms with Gasteiger partial charge in [0.1, 0.15) is 0 Å². The van der Waals surface area contributed by atoms with Crippen molar-refractivity contribution in [1.29, 1.82) is 0 Å². The van der Waals surface area contributed by atoms with Crippen LogP contribution in [0.25, 0.3) is 10.9 Å². The third kappa shape index (κ3) is 3.74. The molecule has 0 spiro atoms. The summed E-state index contributed by atoms with van der Waals surface area (Å²) in [4.78, 5) is 32.2. The molecule has 0 aliphatic carbocycles. The first-order valence-electron chi connectivity index (χ1n) is 8.56. The summed E-state index contributed by atoms with van der Waals surface area (Å²) < 4.78 is 0. The van der Waals surface area contributed by atoms with E-state index in [1.54, 1.807) is 12.3 Å². The summed E-state index contributed by atoms with van der Waals surface area (Å²) in [5, 5.41) is 6.42. The Morgan fingerprint density at radius 3 is 2.65 bits per heavy atom. The first-order valence-corrected chi connectivity index (χ1v) is 8.56. The molecule has 0 aliphatic rings. The summed E-state index contributed by atoms with van der Waals surface area (Å²) >= 11 is 0. The van der Waals surface area contributed by atoms with E-state index in [2.05, 4.69) is 20.6 Å². The average molecular weight is 350 g/mol. The lowest BCUT2D eigenvalue weighted by Crippen LogP contribution is -2.40. The van der Waals surface area contributed by atoms with Crippen molar-refractivity contribution in [1.82, 2.24) is 15.3 Å². The number of aromatic amines is 1. The first-order chi connectivity index (χ1) is 12.5. The maximum atomic E-state index is 12.4. The number of pyridine rings is 1. The molecule has 3 N–H and O–H groups in total. The molecule has 6 heteroatoms. The van der Waals surface area contributed by atoms with E-state index >= 15 is 0 Å². The number of nitrogens with zero attached hydrogens (tertiary/aromatic N) is 1. The quantitative estimate of drug-likeness (QED) is 0.631. The normalized spacial score (nSPS) is 12.2. The molecule has 3 aromatic rings. The van der Waals surface area contributed by atoms with Crippen molar-refractivity contribution in [2.75, 3.05) is 5.32 Å². The number of hydrogen-bond acceptors (Lipinski definition) is 3. The van der Waals surface area contributed by atoms with Crippen molar-refractivity contribution in [3.8, 4) is 0 Å². The van der Waals surface area contributed by atoms with Crippen LogP contribution in [0.3, 0.4) is 0 Å². The fourth-order valence-electron chi connectivity index (χ4n) is 2.90. The van der Waals surface area contributed by atoms with Crippen LogP contribution in [-0.4, -0.2) is 21.8 Å². The van der Waals surface area contributed by atoms with E-state index in [4.69, 9.17) is 0 Å². The Labute approximate surface area is 152 Å². The number of H-pyrrole nitrogens is 1. The number of rotatable bonds is 4. The monoisotopic (exact) mass is 350 g/mol. The lowest BCUT2D eigenvalue weighted by molar-refractivity contribution is -0.136. The van der Waals surface area contributed by atoms with E-state index in [1.165, 1.54) is 0 Å². The average Bonchev–Trinajstić information content (AvgIpc) is 3.07. The molecule has 2 heterocycles. The highest BCUT2D eigenvalue weighted by molar-refractivity contribution is 6.39. The van der Waals surface area contributed by atoms with Crippen LogP contribution in [0, 0.1) is 12.8 Å². The Morgan fingerprint density at radius 2 is 1.92 bits per heavy atom. The van der Waals surface area contributed by atoms with E-state index < -0.39 is 11.8 Å². The van der Waals surface area contributed by atoms with Crippen LogP contribution < -0.4 is 10.6 Å². The zero-order valence-corrected chi connectivity index (χ0v) is 15.0. The highest BCUT2D eigenvalue weighted by Gasteiger charge is 2.24. The van der Waals surface area contributed by atoms with E-state index in [0.717, 1.165) is 22.2 Å². The zero-order valence-electron chi connectivity index (χ0n) is 15.0. The van der Waals surface area contributed by atoms with Crippen molar-refractivity contribution in [2.24, 2.45) is 5.92 Å². The van der Waals surface area contributed by atoms with Crippen molar-refractivity contribution in [3.05, 3.63) is 60.0 Å². The molecule has 0 aliphatic heterocycles. The minimum Gasteiger partial charge on any atom is -0.361 e. The largest absolute Gasteiger partial charge is 0.361 e. The van der Waals surface area contributed by atoms with E-state index in [-0.39, 0.29) is 12.0 Å². The van der Waals surface area contributed by atoms with Gasteiger partial charge in [0.25, 0.3) is 0 Å². The summed E-state index contributed by atoms with van der Waals surface area (Å²) in [6.07, 6.45) is 3.52. The van der Waals surface area contributed by atoms with Gasteiger partial charge in [-0.2, -0.15) is 0 Å². The van der Waals surface area contributed by atoms with Gasteiger partial charge in [0, 0.05) is 29.0 Å². The minimum absolute atomic E-state index is 0.0940. The van der Waals surface area contributed by atoms with E-state index in [1.807, 2.05) is 57.3 Å². The maximum Gasteiger partial charge on any atom is 0.313 e. The van der Waals surface area contributed by atoms with Crippen LogP contribution in [0.2, 0.25) is 0 Å². The van der Waals surface area contributed by atoms with Crippen LogP contribution in [0.15, 0.2) is 48.8 Å². The summed E-state index contributed by atoms with van der Waals surface area (Å²) in [5.74, 6) is -1.28. The van der Waals surface area contributed by atoms with Gasteiger partial charge in [-0.3, -0.25) is 14.6 Å².